The normalized spacial score (nSPS) is 8.83. The number of nitrogens with zero attached hydrogens (tertiary/aromatic N) is 1. The standard InChI is InChI=1S/C8H6BrNO2/c1-12-7-4-2-3-6(8(7)9)10-5-11/h2-4H,1H3. The number of rotatable bonds is 2. The van der Waals surface area contributed by atoms with Crippen LogP contribution in [-0.2, 0) is 4.79 Å². The second-order valence-electron chi connectivity index (χ2n) is 2.00. The monoisotopic (exact) mass is 227 g/mol. The first kappa shape index (κ1) is 8.97. The van der Waals surface area contributed by atoms with Gasteiger partial charge in [-0.2, -0.15) is 4.99 Å². The molecule has 0 aliphatic carbocycles. The van der Waals surface area contributed by atoms with Gasteiger partial charge in [-0.25, -0.2) is 4.79 Å². The first-order valence-electron chi connectivity index (χ1n) is 3.20. The van der Waals surface area contributed by atoms with Crippen LogP contribution in [-0.4, -0.2) is 13.2 Å². The number of aliphatic imine (C=N–C) groups is 1. The van der Waals surface area contributed by atoms with Crippen molar-refractivity contribution in [1.82, 2.24) is 0 Å². The fraction of sp³-hybridized carbons (Fsp3) is 0.125. The van der Waals surface area contributed by atoms with E-state index in [-0.39, 0.29) is 0 Å². The highest BCUT2D eigenvalue weighted by Gasteiger charge is 2.03. The SMILES string of the molecule is COc1cccc(N=C=O)c1Br. The molecule has 0 N–H and O–H groups in total. The number of benzene rings is 1. The number of methoxy groups -OCH3 is 1. The molecule has 0 spiro atoms. The van der Waals surface area contributed by atoms with E-state index in [1.165, 1.54) is 6.08 Å². The second kappa shape index (κ2) is 4.04. The molecular weight excluding hydrogens is 222 g/mol. The van der Waals surface area contributed by atoms with Crippen LogP contribution in [0, 0.1) is 0 Å². The van der Waals surface area contributed by atoms with Gasteiger partial charge in [-0.15, -0.1) is 0 Å². The van der Waals surface area contributed by atoms with Crippen LogP contribution in [0.4, 0.5) is 5.69 Å². The smallest absolute Gasteiger partial charge is 0.240 e. The van der Waals surface area contributed by atoms with Crippen molar-refractivity contribution < 1.29 is 9.53 Å². The molecule has 0 bridgehead atoms. The minimum absolute atomic E-state index is 0.518. The molecule has 0 radical (unpaired) electrons. The molecule has 0 saturated carbocycles. The quantitative estimate of drug-likeness (QED) is 0.575. The van der Waals surface area contributed by atoms with Crippen LogP contribution in [0.5, 0.6) is 5.75 Å². The first-order valence-corrected chi connectivity index (χ1v) is 3.99. The Kier molecular flexibility index (Phi) is 3.02. The maximum absolute atomic E-state index is 9.97. The van der Waals surface area contributed by atoms with Gasteiger partial charge in [-0.1, -0.05) is 6.07 Å². The summed E-state index contributed by atoms with van der Waals surface area (Å²) in [5.74, 6) is 0.645. The van der Waals surface area contributed by atoms with Crippen molar-refractivity contribution in [3.63, 3.8) is 0 Å². The Hall–Kier alpha value is -1.12. The van der Waals surface area contributed by atoms with Gasteiger partial charge in [0.05, 0.1) is 17.3 Å². The van der Waals surface area contributed by atoms with Crippen LogP contribution in [0.15, 0.2) is 27.7 Å². The highest BCUT2D eigenvalue weighted by atomic mass is 79.9. The van der Waals surface area contributed by atoms with E-state index in [1.54, 1.807) is 25.3 Å². The molecule has 0 heterocycles. The number of ether oxygens (including phenoxy) is 1. The van der Waals surface area contributed by atoms with Crippen LogP contribution in [0.25, 0.3) is 0 Å². The van der Waals surface area contributed by atoms with Gasteiger partial charge in [0.1, 0.15) is 5.75 Å². The fourth-order valence-corrected chi connectivity index (χ4v) is 1.31. The number of hydrogen-bond acceptors (Lipinski definition) is 3. The summed E-state index contributed by atoms with van der Waals surface area (Å²) >= 11 is 3.24. The molecule has 4 heteroatoms. The van der Waals surface area contributed by atoms with Crippen LogP contribution in [0.3, 0.4) is 0 Å². The van der Waals surface area contributed by atoms with E-state index in [0.717, 1.165) is 0 Å². The Labute approximate surface area is 78.2 Å². The van der Waals surface area contributed by atoms with E-state index in [2.05, 4.69) is 20.9 Å². The predicted molar refractivity (Wildman–Crippen MR) is 48.5 cm³/mol. The van der Waals surface area contributed by atoms with E-state index in [4.69, 9.17) is 4.74 Å². The van der Waals surface area contributed by atoms with Crippen molar-refractivity contribution in [2.45, 2.75) is 0 Å². The molecule has 0 aliphatic heterocycles. The molecule has 0 aliphatic rings. The molecule has 0 unspecified atom stereocenters. The molecule has 0 aromatic heterocycles. The highest BCUT2D eigenvalue weighted by Crippen LogP contribution is 2.33. The van der Waals surface area contributed by atoms with Gasteiger partial charge in [0.2, 0.25) is 6.08 Å². The zero-order chi connectivity index (χ0) is 8.97. The van der Waals surface area contributed by atoms with Gasteiger partial charge < -0.3 is 4.74 Å². The van der Waals surface area contributed by atoms with E-state index < -0.39 is 0 Å². The lowest BCUT2D eigenvalue weighted by Crippen LogP contribution is -1.83. The molecule has 0 fully saturated rings. The lowest BCUT2D eigenvalue weighted by molar-refractivity contribution is 0.412. The molecule has 1 aromatic rings. The van der Waals surface area contributed by atoms with Gasteiger partial charge in [0.15, 0.2) is 0 Å². The summed E-state index contributed by atoms with van der Waals surface area (Å²) < 4.78 is 5.66. The summed E-state index contributed by atoms with van der Waals surface area (Å²) in [7, 11) is 1.55. The van der Waals surface area contributed by atoms with Crippen molar-refractivity contribution in [1.29, 1.82) is 0 Å². The summed E-state index contributed by atoms with van der Waals surface area (Å²) in [6, 6.07) is 5.21. The summed E-state index contributed by atoms with van der Waals surface area (Å²) in [6.07, 6.45) is 1.47. The Morgan fingerprint density at radius 3 is 2.92 bits per heavy atom. The largest absolute Gasteiger partial charge is 0.495 e. The molecule has 1 rings (SSSR count). The third-order valence-corrected chi connectivity index (χ3v) is 2.13. The zero-order valence-electron chi connectivity index (χ0n) is 6.37. The van der Waals surface area contributed by atoms with Crippen molar-refractivity contribution in [2.75, 3.05) is 7.11 Å². The predicted octanol–water partition coefficient (Wildman–Crippen LogP) is 2.43. The van der Waals surface area contributed by atoms with Gasteiger partial charge in [-0.3, -0.25) is 0 Å². The average molecular weight is 228 g/mol. The fourth-order valence-electron chi connectivity index (χ4n) is 0.792. The Bertz CT molecular complexity index is 332. The third kappa shape index (κ3) is 1.72. The van der Waals surface area contributed by atoms with Gasteiger partial charge in [-0.05, 0) is 28.1 Å². The first-order chi connectivity index (χ1) is 5.79. The molecule has 1 aromatic carbocycles. The molecule has 62 valence electrons. The van der Waals surface area contributed by atoms with E-state index in [0.29, 0.717) is 15.9 Å². The lowest BCUT2D eigenvalue weighted by Gasteiger charge is -2.02. The average Bonchev–Trinajstić information content (AvgIpc) is 2.09. The van der Waals surface area contributed by atoms with Crippen molar-refractivity contribution >= 4 is 27.7 Å². The van der Waals surface area contributed by atoms with Crippen LogP contribution in [0.1, 0.15) is 0 Å². The van der Waals surface area contributed by atoms with Gasteiger partial charge in [0.25, 0.3) is 0 Å². The Morgan fingerprint density at radius 1 is 1.58 bits per heavy atom. The minimum atomic E-state index is 0.518. The van der Waals surface area contributed by atoms with E-state index in [1.807, 2.05) is 0 Å². The molecule has 0 atom stereocenters. The van der Waals surface area contributed by atoms with E-state index in [9.17, 15) is 4.79 Å². The molecule has 0 amide bonds. The maximum Gasteiger partial charge on any atom is 0.240 e. The number of carbonyl (C=O) groups excluding carboxylic acids is 1. The summed E-state index contributed by atoms with van der Waals surface area (Å²) in [5, 5.41) is 0. The number of isocyanates is 1. The summed E-state index contributed by atoms with van der Waals surface area (Å²) in [4.78, 5) is 13.5. The molecule has 3 nitrogen and oxygen atoms in total. The lowest BCUT2D eigenvalue weighted by atomic mass is 10.3. The minimum Gasteiger partial charge on any atom is -0.495 e. The zero-order valence-corrected chi connectivity index (χ0v) is 7.96. The van der Waals surface area contributed by atoms with Crippen molar-refractivity contribution in [2.24, 2.45) is 4.99 Å². The third-order valence-electron chi connectivity index (χ3n) is 1.33. The van der Waals surface area contributed by atoms with Crippen LogP contribution >= 0.6 is 15.9 Å². The Balaban J connectivity index is 3.22. The van der Waals surface area contributed by atoms with Gasteiger partial charge in [0, 0.05) is 0 Å². The van der Waals surface area contributed by atoms with Crippen LogP contribution < -0.4 is 4.74 Å². The second-order valence-corrected chi connectivity index (χ2v) is 2.79. The summed E-state index contributed by atoms with van der Waals surface area (Å²) in [5.41, 5.74) is 0.518. The van der Waals surface area contributed by atoms with Crippen molar-refractivity contribution in [3.8, 4) is 5.75 Å². The Morgan fingerprint density at radius 2 is 2.33 bits per heavy atom. The molecular formula is C8H6BrNO2. The number of halogens is 1. The topological polar surface area (TPSA) is 38.7 Å². The highest BCUT2D eigenvalue weighted by molar-refractivity contribution is 9.10. The molecule has 0 saturated heterocycles. The van der Waals surface area contributed by atoms with E-state index >= 15 is 0 Å². The maximum atomic E-state index is 9.97. The van der Waals surface area contributed by atoms with Crippen molar-refractivity contribution in [3.05, 3.63) is 22.7 Å². The molecule has 12 heavy (non-hydrogen) atoms. The summed E-state index contributed by atoms with van der Waals surface area (Å²) in [6.45, 7) is 0. The number of hydrogen-bond donors (Lipinski definition) is 0. The van der Waals surface area contributed by atoms with Crippen LogP contribution in [0.2, 0.25) is 0 Å². The van der Waals surface area contributed by atoms with Gasteiger partial charge >= 0.3 is 0 Å².